The van der Waals surface area contributed by atoms with Crippen molar-refractivity contribution in [1.29, 1.82) is 0 Å². The Morgan fingerprint density at radius 2 is 2.10 bits per heavy atom. The van der Waals surface area contributed by atoms with E-state index >= 15 is 0 Å². The Hall–Kier alpha value is -1.36. The zero-order valence-corrected chi connectivity index (χ0v) is 13.3. The molecule has 0 aromatic heterocycles. The van der Waals surface area contributed by atoms with Crippen molar-refractivity contribution in [3.05, 3.63) is 28.2 Å². The van der Waals surface area contributed by atoms with Crippen molar-refractivity contribution < 1.29 is 9.59 Å². The second-order valence-corrected chi connectivity index (χ2v) is 6.28. The number of benzene rings is 1. The lowest BCUT2D eigenvalue weighted by molar-refractivity contribution is -0.122. The smallest absolute Gasteiger partial charge is 0.226 e. The number of hydrogen-bond donors (Lipinski definition) is 2. The summed E-state index contributed by atoms with van der Waals surface area (Å²) in [7, 11) is 0. The van der Waals surface area contributed by atoms with Crippen molar-refractivity contribution in [2.24, 2.45) is 11.8 Å². The molecule has 1 aromatic rings. The quantitative estimate of drug-likeness (QED) is 0.867. The number of nitrogens with one attached hydrogen (secondary N) is 2. The zero-order chi connectivity index (χ0) is 14.7. The Balaban J connectivity index is 1.73. The van der Waals surface area contributed by atoms with E-state index in [1.54, 1.807) is 0 Å². The van der Waals surface area contributed by atoms with E-state index in [9.17, 15) is 9.59 Å². The van der Waals surface area contributed by atoms with Gasteiger partial charge in [-0.1, -0.05) is 22.9 Å². The Kier molecular flexibility index (Phi) is 4.81. The Morgan fingerprint density at radius 1 is 1.40 bits per heavy atom. The maximum Gasteiger partial charge on any atom is 0.226 e. The van der Waals surface area contributed by atoms with Gasteiger partial charge in [-0.05, 0) is 43.0 Å². The lowest BCUT2D eigenvalue weighted by Gasteiger charge is -2.09. The third-order valence-corrected chi connectivity index (χ3v) is 4.05. The van der Waals surface area contributed by atoms with Gasteiger partial charge in [0, 0.05) is 29.0 Å². The first-order valence-electron chi connectivity index (χ1n) is 6.81. The van der Waals surface area contributed by atoms with Crippen molar-refractivity contribution in [2.45, 2.75) is 26.7 Å². The maximum absolute atomic E-state index is 11.8. The molecule has 0 unspecified atom stereocenters. The first-order valence-corrected chi connectivity index (χ1v) is 7.60. The number of carbonyl (C=O) groups is 2. The Morgan fingerprint density at radius 3 is 2.70 bits per heavy atom. The molecule has 2 amide bonds. The van der Waals surface area contributed by atoms with Crippen molar-refractivity contribution in [3.8, 4) is 0 Å². The molecule has 2 N–H and O–H groups in total. The summed E-state index contributed by atoms with van der Waals surface area (Å²) in [6.07, 6.45) is 1.26. The van der Waals surface area contributed by atoms with Gasteiger partial charge in [-0.25, -0.2) is 0 Å². The highest BCUT2D eigenvalue weighted by Gasteiger charge is 2.38. The Bertz CT molecular complexity index is 531. The summed E-state index contributed by atoms with van der Waals surface area (Å²) in [5.74, 6) is 0.644. The summed E-state index contributed by atoms with van der Waals surface area (Å²) in [6, 6.07) is 5.70. The van der Waals surface area contributed by atoms with Gasteiger partial charge in [0.2, 0.25) is 11.8 Å². The molecule has 1 aliphatic carbocycles. The number of halogens is 1. The number of carbonyl (C=O) groups excluding carboxylic acids is 2. The van der Waals surface area contributed by atoms with Crippen LogP contribution in [0, 0.1) is 18.8 Å². The summed E-state index contributed by atoms with van der Waals surface area (Å²) in [5.41, 5.74) is 1.81. The van der Waals surface area contributed by atoms with Gasteiger partial charge in [0.05, 0.1) is 0 Å². The summed E-state index contributed by atoms with van der Waals surface area (Å²) in [5, 5.41) is 5.66. The van der Waals surface area contributed by atoms with Gasteiger partial charge < -0.3 is 10.6 Å². The number of anilines is 1. The molecule has 4 nitrogen and oxygen atoms in total. The monoisotopic (exact) mass is 338 g/mol. The van der Waals surface area contributed by atoms with Crippen LogP contribution in [0.25, 0.3) is 0 Å². The van der Waals surface area contributed by atoms with Gasteiger partial charge in [0.25, 0.3) is 0 Å². The molecule has 1 aliphatic rings. The highest BCUT2D eigenvalue weighted by Crippen LogP contribution is 2.37. The Labute approximate surface area is 127 Å². The van der Waals surface area contributed by atoms with E-state index < -0.39 is 0 Å². The molecule has 1 fully saturated rings. The minimum absolute atomic E-state index is 0.0742. The highest BCUT2D eigenvalue weighted by atomic mass is 79.9. The maximum atomic E-state index is 11.8. The number of aryl methyl sites for hydroxylation is 1. The molecule has 5 heteroatoms. The molecule has 0 aliphatic heterocycles. The van der Waals surface area contributed by atoms with Gasteiger partial charge in [0.1, 0.15) is 0 Å². The SMILES string of the molecule is Cc1cc(Br)ccc1NC(=O)CCNC(=O)[C@H]1C[C@H]1C. The fourth-order valence-electron chi connectivity index (χ4n) is 2.10. The van der Waals surface area contributed by atoms with E-state index in [1.165, 1.54) is 0 Å². The average Bonchev–Trinajstić information content (AvgIpc) is 3.10. The normalized spacial score (nSPS) is 20.4. The lowest BCUT2D eigenvalue weighted by atomic mass is 10.2. The fourth-order valence-corrected chi connectivity index (χ4v) is 2.57. The van der Waals surface area contributed by atoms with E-state index in [0.29, 0.717) is 18.9 Å². The summed E-state index contributed by atoms with van der Waals surface area (Å²) in [6.45, 7) is 4.40. The van der Waals surface area contributed by atoms with Crippen LogP contribution >= 0.6 is 15.9 Å². The van der Waals surface area contributed by atoms with Crippen molar-refractivity contribution in [1.82, 2.24) is 5.32 Å². The number of hydrogen-bond acceptors (Lipinski definition) is 2. The molecule has 1 aromatic carbocycles. The number of amides is 2. The molecule has 0 heterocycles. The van der Waals surface area contributed by atoms with E-state index in [-0.39, 0.29) is 17.7 Å². The standard InChI is InChI=1S/C15H19BrN2O2/c1-9-8-12(9)15(20)17-6-5-14(19)18-13-4-3-11(16)7-10(13)2/h3-4,7,9,12H,5-6,8H2,1-2H3,(H,17,20)(H,18,19)/t9-,12+/m1/s1. The lowest BCUT2D eigenvalue weighted by Crippen LogP contribution is -2.29. The van der Waals surface area contributed by atoms with Gasteiger partial charge in [-0.3, -0.25) is 9.59 Å². The van der Waals surface area contributed by atoms with Crippen LogP contribution in [0.1, 0.15) is 25.3 Å². The van der Waals surface area contributed by atoms with E-state index in [0.717, 1.165) is 22.1 Å². The van der Waals surface area contributed by atoms with Crippen LogP contribution in [-0.2, 0) is 9.59 Å². The van der Waals surface area contributed by atoms with Crippen LogP contribution in [0.15, 0.2) is 22.7 Å². The van der Waals surface area contributed by atoms with Crippen molar-refractivity contribution in [2.75, 3.05) is 11.9 Å². The predicted octanol–water partition coefficient (Wildman–Crippen LogP) is 2.86. The molecular formula is C15H19BrN2O2. The first-order chi connectivity index (χ1) is 9.47. The fraction of sp³-hybridized carbons (Fsp3) is 0.467. The van der Waals surface area contributed by atoms with Crippen LogP contribution in [0.2, 0.25) is 0 Å². The van der Waals surface area contributed by atoms with Crippen molar-refractivity contribution >= 4 is 33.4 Å². The van der Waals surface area contributed by atoms with E-state index in [2.05, 4.69) is 33.5 Å². The van der Waals surface area contributed by atoms with Crippen LogP contribution < -0.4 is 10.6 Å². The van der Waals surface area contributed by atoms with E-state index in [4.69, 9.17) is 0 Å². The predicted molar refractivity (Wildman–Crippen MR) is 82.4 cm³/mol. The molecule has 20 heavy (non-hydrogen) atoms. The highest BCUT2D eigenvalue weighted by molar-refractivity contribution is 9.10. The summed E-state index contributed by atoms with van der Waals surface area (Å²) < 4.78 is 0.985. The molecule has 0 radical (unpaired) electrons. The van der Waals surface area contributed by atoms with E-state index in [1.807, 2.05) is 25.1 Å². The zero-order valence-electron chi connectivity index (χ0n) is 11.7. The van der Waals surface area contributed by atoms with Crippen LogP contribution in [0.4, 0.5) is 5.69 Å². The van der Waals surface area contributed by atoms with Gasteiger partial charge in [0.15, 0.2) is 0 Å². The van der Waals surface area contributed by atoms with Crippen LogP contribution in [-0.4, -0.2) is 18.4 Å². The minimum atomic E-state index is -0.0837. The molecular weight excluding hydrogens is 320 g/mol. The molecule has 0 spiro atoms. The second kappa shape index (κ2) is 6.39. The van der Waals surface area contributed by atoms with Crippen LogP contribution in [0.5, 0.6) is 0 Å². The van der Waals surface area contributed by atoms with Gasteiger partial charge in [-0.15, -0.1) is 0 Å². The van der Waals surface area contributed by atoms with Gasteiger partial charge >= 0.3 is 0 Å². The third-order valence-electron chi connectivity index (χ3n) is 3.56. The molecule has 108 valence electrons. The second-order valence-electron chi connectivity index (χ2n) is 5.37. The minimum Gasteiger partial charge on any atom is -0.355 e. The molecule has 2 rings (SSSR count). The largest absolute Gasteiger partial charge is 0.355 e. The molecule has 0 bridgehead atoms. The van der Waals surface area contributed by atoms with Crippen molar-refractivity contribution in [3.63, 3.8) is 0 Å². The molecule has 0 saturated heterocycles. The van der Waals surface area contributed by atoms with Gasteiger partial charge in [-0.2, -0.15) is 0 Å². The summed E-state index contributed by atoms with van der Waals surface area (Å²) in [4.78, 5) is 23.4. The topological polar surface area (TPSA) is 58.2 Å². The molecule has 1 saturated carbocycles. The summed E-state index contributed by atoms with van der Waals surface area (Å²) >= 11 is 3.38. The van der Waals surface area contributed by atoms with Crippen LogP contribution in [0.3, 0.4) is 0 Å². The first kappa shape index (κ1) is 15.0. The number of rotatable bonds is 5. The third kappa shape index (κ3) is 4.07. The average molecular weight is 339 g/mol. The molecule has 2 atom stereocenters.